The SMILES string of the molecule is CCC(=O)NCCCCC(=O)NC(C(=O)N[C@@H](CCCNC(N)=O)C(=O)C(C)(C)C)C(C)C. The number of rotatable bonds is 15. The predicted octanol–water partition coefficient (Wildman–Crippen LogP) is 1.37. The van der Waals surface area contributed by atoms with Gasteiger partial charge in [-0.25, -0.2) is 4.79 Å². The normalized spacial score (nSPS) is 13.1. The Morgan fingerprint density at radius 2 is 1.45 bits per heavy atom. The van der Waals surface area contributed by atoms with E-state index in [2.05, 4.69) is 21.3 Å². The minimum atomic E-state index is -0.781. The third kappa shape index (κ3) is 13.5. The van der Waals surface area contributed by atoms with E-state index in [1.54, 1.807) is 27.7 Å². The molecule has 0 aromatic rings. The lowest BCUT2D eigenvalue weighted by atomic mass is 9.84. The summed E-state index contributed by atoms with van der Waals surface area (Å²) in [5.74, 6) is -1.01. The number of carbonyl (C=O) groups is 5. The van der Waals surface area contributed by atoms with Gasteiger partial charge in [-0.15, -0.1) is 0 Å². The van der Waals surface area contributed by atoms with Crippen molar-refractivity contribution in [3.05, 3.63) is 0 Å². The van der Waals surface area contributed by atoms with Crippen LogP contribution in [0.25, 0.3) is 0 Å². The van der Waals surface area contributed by atoms with Crippen LogP contribution in [0.2, 0.25) is 0 Å². The van der Waals surface area contributed by atoms with Crippen molar-refractivity contribution in [2.24, 2.45) is 17.1 Å². The molecule has 0 saturated heterocycles. The van der Waals surface area contributed by atoms with E-state index in [4.69, 9.17) is 5.73 Å². The molecule has 0 saturated carbocycles. The molecule has 2 atom stereocenters. The van der Waals surface area contributed by atoms with Gasteiger partial charge in [-0.2, -0.15) is 0 Å². The highest BCUT2D eigenvalue weighted by atomic mass is 16.2. The average molecular weight is 470 g/mol. The second kappa shape index (κ2) is 15.2. The Hall–Kier alpha value is -2.65. The molecule has 0 fully saturated rings. The highest BCUT2D eigenvalue weighted by Gasteiger charge is 2.33. The Kier molecular flexibility index (Phi) is 14.0. The van der Waals surface area contributed by atoms with Crippen molar-refractivity contribution in [1.29, 1.82) is 0 Å². The molecule has 1 unspecified atom stereocenters. The highest BCUT2D eigenvalue weighted by Crippen LogP contribution is 2.19. The molecule has 0 radical (unpaired) electrons. The maximum absolute atomic E-state index is 13.0. The zero-order valence-electron chi connectivity index (χ0n) is 21.0. The lowest BCUT2D eigenvalue weighted by Crippen LogP contribution is -2.55. The summed E-state index contributed by atoms with van der Waals surface area (Å²) in [6.45, 7) is 11.6. The first-order chi connectivity index (χ1) is 15.3. The largest absolute Gasteiger partial charge is 0.356 e. The topological polar surface area (TPSA) is 159 Å². The van der Waals surface area contributed by atoms with Gasteiger partial charge in [-0.05, 0) is 31.6 Å². The van der Waals surface area contributed by atoms with Crippen molar-refractivity contribution in [2.45, 2.75) is 92.2 Å². The number of hydrogen-bond acceptors (Lipinski definition) is 5. The van der Waals surface area contributed by atoms with E-state index in [-0.39, 0.29) is 29.9 Å². The van der Waals surface area contributed by atoms with E-state index in [0.29, 0.717) is 45.2 Å². The Morgan fingerprint density at radius 3 is 1.97 bits per heavy atom. The molecule has 0 bridgehead atoms. The number of hydrogen-bond donors (Lipinski definition) is 5. The molecule has 0 heterocycles. The van der Waals surface area contributed by atoms with Gasteiger partial charge < -0.3 is 27.0 Å². The van der Waals surface area contributed by atoms with Crippen LogP contribution in [0.4, 0.5) is 4.79 Å². The number of unbranched alkanes of at least 4 members (excludes halogenated alkanes) is 1. The van der Waals surface area contributed by atoms with Gasteiger partial charge in [-0.3, -0.25) is 19.2 Å². The van der Waals surface area contributed by atoms with E-state index >= 15 is 0 Å². The first-order valence-corrected chi connectivity index (χ1v) is 11.7. The second-order valence-corrected chi connectivity index (χ2v) is 9.56. The van der Waals surface area contributed by atoms with Crippen LogP contribution >= 0.6 is 0 Å². The Labute approximate surface area is 197 Å². The lowest BCUT2D eigenvalue weighted by molar-refractivity contribution is -0.135. The Balaban J connectivity index is 4.92. The zero-order valence-corrected chi connectivity index (χ0v) is 21.0. The minimum absolute atomic E-state index is 0.0271. The van der Waals surface area contributed by atoms with Gasteiger partial charge in [0, 0.05) is 31.3 Å². The van der Waals surface area contributed by atoms with Crippen molar-refractivity contribution in [1.82, 2.24) is 21.3 Å². The third-order valence-electron chi connectivity index (χ3n) is 5.08. The van der Waals surface area contributed by atoms with Crippen LogP contribution in [0.1, 0.15) is 80.1 Å². The molecule has 10 heteroatoms. The van der Waals surface area contributed by atoms with E-state index in [0.717, 1.165) is 0 Å². The summed E-state index contributed by atoms with van der Waals surface area (Å²) in [7, 11) is 0. The van der Waals surface area contributed by atoms with Crippen LogP contribution < -0.4 is 27.0 Å². The van der Waals surface area contributed by atoms with Crippen molar-refractivity contribution in [2.75, 3.05) is 13.1 Å². The number of urea groups is 1. The summed E-state index contributed by atoms with van der Waals surface area (Å²) in [4.78, 5) is 60.3. The number of amides is 5. The van der Waals surface area contributed by atoms with Crippen molar-refractivity contribution >= 4 is 29.5 Å². The fraction of sp³-hybridized carbons (Fsp3) is 0.783. The molecule has 0 aromatic heterocycles. The molecule has 190 valence electrons. The summed E-state index contributed by atoms with van der Waals surface area (Å²) < 4.78 is 0. The van der Waals surface area contributed by atoms with Crippen molar-refractivity contribution in [3.63, 3.8) is 0 Å². The molecule has 10 nitrogen and oxygen atoms in total. The molecule has 33 heavy (non-hydrogen) atoms. The van der Waals surface area contributed by atoms with Crippen LogP contribution in [0.3, 0.4) is 0 Å². The van der Waals surface area contributed by atoms with Gasteiger partial charge in [0.25, 0.3) is 0 Å². The van der Waals surface area contributed by atoms with Gasteiger partial charge in [0.1, 0.15) is 6.04 Å². The predicted molar refractivity (Wildman–Crippen MR) is 127 cm³/mol. The van der Waals surface area contributed by atoms with E-state index in [9.17, 15) is 24.0 Å². The summed E-state index contributed by atoms with van der Waals surface area (Å²) in [6, 6.07) is -2.17. The van der Waals surface area contributed by atoms with Gasteiger partial charge in [-0.1, -0.05) is 41.5 Å². The number of primary amides is 1. The van der Waals surface area contributed by atoms with Gasteiger partial charge in [0.15, 0.2) is 5.78 Å². The van der Waals surface area contributed by atoms with E-state index in [1.165, 1.54) is 0 Å². The molecule has 6 N–H and O–H groups in total. The van der Waals surface area contributed by atoms with E-state index < -0.39 is 29.4 Å². The van der Waals surface area contributed by atoms with Gasteiger partial charge in [0.2, 0.25) is 17.7 Å². The fourth-order valence-electron chi connectivity index (χ4n) is 3.11. The van der Waals surface area contributed by atoms with E-state index in [1.807, 2.05) is 13.8 Å². The number of ketones is 1. The molecule has 0 aliphatic carbocycles. The lowest BCUT2D eigenvalue weighted by Gasteiger charge is -2.28. The van der Waals surface area contributed by atoms with Gasteiger partial charge in [0.05, 0.1) is 6.04 Å². The van der Waals surface area contributed by atoms with Crippen molar-refractivity contribution < 1.29 is 24.0 Å². The summed E-state index contributed by atoms with van der Waals surface area (Å²) in [6.07, 6.45) is 2.71. The van der Waals surface area contributed by atoms with Crippen LogP contribution in [-0.4, -0.2) is 54.7 Å². The molecule has 5 amide bonds. The van der Waals surface area contributed by atoms with Crippen LogP contribution in [0.5, 0.6) is 0 Å². The first kappa shape index (κ1) is 30.4. The smallest absolute Gasteiger partial charge is 0.312 e. The molecule has 0 aromatic carbocycles. The summed E-state index contributed by atoms with van der Waals surface area (Å²) >= 11 is 0. The minimum Gasteiger partial charge on any atom is -0.356 e. The molecular weight excluding hydrogens is 426 g/mol. The Morgan fingerprint density at radius 1 is 0.848 bits per heavy atom. The molecule has 0 aliphatic rings. The van der Waals surface area contributed by atoms with Crippen LogP contribution in [-0.2, 0) is 19.2 Å². The maximum atomic E-state index is 13.0. The summed E-state index contributed by atoms with van der Waals surface area (Å²) in [5.41, 5.74) is 4.40. The molecular formula is C23H43N5O5. The van der Waals surface area contributed by atoms with Crippen molar-refractivity contribution in [3.8, 4) is 0 Å². The number of carbonyl (C=O) groups excluding carboxylic acids is 5. The maximum Gasteiger partial charge on any atom is 0.312 e. The standard InChI is InChI=1S/C23H43N5O5/c1-7-17(29)25-13-9-8-12-18(30)28-19(15(2)3)21(32)27-16(20(31)23(4,5)6)11-10-14-26-22(24)33/h15-16,19H,7-14H2,1-6H3,(H,25,29)(H,27,32)(H,28,30)(H3,24,26,33)/t16-,19?/m0/s1. The monoisotopic (exact) mass is 469 g/mol. The first-order valence-electron chi connectivity index (χ1n) is 11.7. The third-order valence-corrected chi connectivity index (χ3v) is 5.08. The van der Waals surface area contributed by atoms with Gasteiger partial charge >= 0.3 is 6.03 Å². The second-order valence-electron chi connectivity index (χ2n) is 9.56. The number of nitrogens with one attached hydrogen (secondary N) is 4. The highest BCUT2D eigenvalue weighted by molar-refractivity contribution is 5.94. The average Bonchev–Trinajstić information content (AvgIpc) is 2.71. The molecule has 0 spiro atoms. The van der Waals surface area contributed by atoms with Crippen LogP contribution in [0, 0.1) is 11.3 Å². The van der Waals surface area contributed by atoms with Crippen LogP contribution in [0.15, 0.2) is 0 Å². The summed E-state index contributed by atoms with van der Waals surface area (Å²) in [5, 5.41) is 10.8. The fourth-order valence-corrected chi connectivity index (χ4v) is 3.11. The molecule has 0 rings (SSSR count). The zero-order chi connectivity index (χ0) is 25.6. The Bertz CT molecular complexity index is 673. The number of Topliss-reactive ketones (excluding diaryl/α,β-unsaturated/α-hetero) is 1. The number of nitrogens with two attached hydrogens (primary N) is 1. The molecule has 0 aliphatic heterocycles. The quantitative estimate of drug-likeness (QED) is 0.229.